The highest BCUT2D eigenvalue weighted by Gasteiger charge is 2.61. The Morgan fingerprint density at radius 2 is 1.04 bits per heavy atom. The molecule has 0 radical (unpaired) electrons. The maximum Gasteiger partial charge on any atom is 0.164 e. The Labute approximate surface area is 281 Å². The van der Waals surface area contributed by atoms with E-state index >= 15 is 0 Å². The summed E-state index contributed by atoms with van der Waals surface area (Å²) in [7, 11) is 0. The Morgan fingerprint density at radius 1 is 0.479 bits per heavy atom. The molecule has 4 heteroatoms. The predicted octanol–water partition coefficient (Wildman–Crippen LogP) is 10.1. The fourth-order valence-electron chi connectivity index (χ4n) is 10.2. The van der Waals surface area contributed by atoms with Gasteiger partial charge in [0.2, 0.25) is 0 Å². The van der Waals surface area contributed by atoms with Crippen LogP contribution >= 0.6 is 0 Å². The van der Waals surface area contributed by atoms with Crippen molar-refractivity contribution in [2.45, 2.75) is 37.5 Å². The molecule has 4 nitrogen and oxygen atoms in total. The summed E-state index contributed by atoms with van der Waals surface area (Å²) in [5.74, 6) is 5.31. The van der Waals surface area contributed by atoms with Crippen molar-refractivity contribution in [1.82, 2.24) is 15.0 Å². The molecule has 4 saturated carbocycles. The van der Waals surface area contributed by atoms with E-state index in [4.69, 9.17) is 15.0 Å². The molecule has 0 saturated heterocycles. The van der Waals surface area contributed by atoms with E-state index in [1.54, 1.807) is 5.56 Å². The normalized spacial score (nSPS) is 24.3. The van der Waals surface area contributed by atoms with Gasteiger partial charge in [-0.3, -0.25) is 0 Å². The number of rotatable bonds is 4. The topological polar surface area (TPSA) is 62.5 Å². The summed E-state index contributed by atoms with van der Waals surface area (Å²) in [4.78, 5) is 15.3. The molecule has 0 N–H and O–H groups in total. The van der Waals surface area contributed by atoms with Crippen molar-refractivity contribution >= 4 is 0 Å². The molecule has 1 spiro atoms. The van der Waals surface area contributed by atoms with Crippen LogP contribution in [-0.4, -0.2) is 15.0 Å². The van der Waals surface area contributed by atoms with Crippen molar-refractivity contribution in [2.24, 2.45) is 23.7 Å². The molecule has 5 aliphatic rings. The third-order valence-electron chi connectivity index (χ3n) is 11.9. The minimum atomic E-state index is 0.142. The minimum absolute atomic E-state index is 0.142. The van der Waals surface area contributed by atoms with E-state index in [0.717, 1.165) is 51.5 Å². The van der Waals surface area contributed by atoms with Gasteiger partial charge in [0.25, 0.3) is 0 Å². The summed E-state index contributed by atoms with van der Waals surface area (Å²) in [6, 6.07) is 44.8. The number of aromatic nitrogens is 3. The molecular weight excluding hydrogens is 585 g/mol. The van der Waals surface area contributed by atoms with Crippen LogP contribution in [0, 0.1) is 35.0 Å². The van der Waals surface area contributed by atoms with Gasteiger partial charge in [-0.2, -0.15) is 5.26 Å². The van der Waals surface area contributed by atoms with E-state index in [1.807, 2.05) is 48.5 Å². The van der Waals surface area contributed by atoms with Gasteiger partial charge < -0.3 is 0 Å². The zero-order chi connectivity index (χ0) is 31.8. The Bertz CT molecular complexity index is 2240. The third-order valence-corrected chi connectivity index (χ3v) is 11.9. The van der Waals surface area contributed by atoms with Crippen molar-refractivity contribution in [3.05, 3.63) is 138 Å². The molecular formula is C44H34N4. The molecule has 230 valence electrons. The standard InChI is InChI=1S/C44H34N4/c45-26-27-13-15-30(16-14-27)32-9-6-10-33(24-32)42-46-41(31-7-2-1-3-8-31)47-43(48-42)34-17-18-40-38(25-34)37-11-4-5-12-39(37)44(40)35-20-28-19-29(22-35)23-36(44)21-28/h1-18,24-25,28-29,35-36H,19-23H2. The number of hydrogen-bond donors (Lipinski definition) is 0. The first kappa shape index (κ1) is 27.7. The van der Waals surface area contributed by atoms with Crippen LogP contribution in [0.3, 0.4) is 0 Å². The molecule has 5 aliphatic carbocycles. The van der Waals surface area contributed by atoms with Crippen LogP contribution in [0.5, 0.6) is 0 Å². The van der Waals surface area contributed by atoms with E-state index in [1.165, 1.54) is 48.8 Å². The van der Waals surface area contributed by atoms with Gasteiger partial charge in [-0.05, 0) is 113 Å². The highest BCUT2D eigenvalue weighted by molar-refractivity contribution is 5.85. The Kier molecular flexibility index (Phi) is 6.09. The molecule has 48 heavy (non-hydrogen) atoms. The lowest BCUT2D eigenvalue weighted by Crippen LogP contribution is -2.55. The van der Waals surface area contributed by atoms with Crippen LogP contribution in [-0.2, 0) is 5.41 Å². The van der Waals surface area contributed by atoms with Crippen molar-refractivity contribution in [3.8, 4) is 62.5 Å². The Morgan fingerprint density at radius 3 is 1.75 bits per heavy atom. The molecule has 4 bridgehead atoms. The summed E-state index contributed by atoms with van der Waals surface area (Å²) in [5.41, 5.74) is 11.7. The molecule has 0 aliphatic heterocycles. The maximum atomic E-state index is 9.27. The average Bonchev–Trinajstić information content (AvgIpc) is 3.44. The van der Waals surface area contributed by atoms with Gasteiger partial charge >= 0.3 is 0 Å². The van der Waals surface area contributed by atoms with Crippen LogP contribution < -0.4 is 0 Å². The fourth-order valence-corrected chi connectivity index (χ4v) is 10.2. The molecule has 11 rings (SSSR count). The lowest BCUT2D eigenvalue weighted by Gasteiger charge is -2.61. The van der Waals surface area contributed by atoms with Crippen LogP contribution in [0.1, 0.15) is 48.8 Å². The van der Waals surface area contributed by atoms with Crippen molar-refractivity contribution in [3.63, 3.8) is 0 Å². The van der Waals surface area contributed by atoms with E-state index in [0.29, 0.717) is 23.0 Å². The predicted molar refractivity (Wildman–Crippen MR) is 190 cm³/mol. The molecule has 4 fully saturated rings. The SMILES string of the molecule is N#Cc1ccc(-c2cccc(-c3nc(-c4ccccc4)nc(-c4ccc5c(c4)-c4ccccc4C54C5CC6CC(C5)CC4C6)n3)c2)cc1. The van der Waals surface area contributed by atoms with Crippen molar-refractivity contribution < 1.29 is 0 Å². The second-order valence-corrected chi connectivity index (χ2v) is 14.4. The van der Waals surface area contributed by atoms with E-state index in [2.05, 4.69) is 78.9 Å². The lowest BCUT2D eigenvalue weighted by molar-refractivity contribution is -0.0399. The molecule has 6 aromatic rings. The van der Waals surface area contributed by atoms with Gasteiger partial charge in [-0.15, -0.1) is 0 Å². The summed E-state index contributed by atoms with van der Waals surface area (Å²) in [5, 5.41) is 9.27. The second kappa shape index (κ2) is 10.6. The molecule has 0 unspecified atom stereocenters. The average molecular weight is 619 g/mol. The summed E-state index contributed by atoms with van der Waals surface area (Å²) in [6.45, 7) is 0. The summed E-state index contributed by atoms with van der Waals surface area (Å²) < 4.78 is 0. The number of benzene rings is 5. The van der Waals surface area contributed by atoms with E-state index in [-0.39, 0.29) is 5.41 Å². The fraction of sp³-hybridized carbons (Fsp3) is 0.227. The number of fused-ring (bicyclic) bond motifs is 3. The molecule has 1 heterocycles. The molecule has 1 aromatic heterocycles. The van der Waals surface area contributed by atoms with Gasteiger partial charge in [0.05, 0.1) is 11.6 Å². The number of nitriles is 1. The van der Waals surface area contributed by atoms with Crippen LogP contribution in [0.15, 0.2) is 121 Å². The van der Waals surface area contributed by atoms with Crippen LogP contribution in [0.25, 0.3) is 56.4 Å². The zero-order valence-electron chi connectivity index (χ0n) is 26.7. The maximum absolute atomic E-state index is 9.27. The monoisotopic (exact) mass is 618 g/mol. The molecule has 0 amide bonds. The van der Waals surface area contributed by atoms with Crippen LogP contribution in [0.2, 0.25) is 0 Å². The van der Waals surface area contributed by atoms with Crippen molar-refractivity contribution in [1.29, 1.82) is 5.26 Å². The molecule has 5 aromatic carbocycles. The van der Waals surface area contributed by atoms with Crippen LogP contribution in [0.4, 0.5) is 0 Å². The molecule has 0 atom stereocenters. The van der Waals surface area contributed by atoms with E-state index in [9.17, 15) is 5.26 Å². The Balaban J connectivity index is 1.12. The largest absolute Gasteiger partial charge is 0.208 e. The van der Waals surface area contributed by atoms with E-state index < -0.39 is 0 Å². The van der Waals surface area contributed by atoms with Crippen molar-refractivity contribution in [2.75, 3.05) is 0 Å². The third kappa shape index (κ3) is 4.10. The highest BCUT2D eigenvalue weighted by atomic mass is 15.0. The first-order chi connectivity index (χ1) is 23.7. The second-order valence-electron chi connectivity index (χ2n) is 14.4. The highest BCUT2D eigenvalue weighted by Crippen LogP contribution is 2.69. The quantitative estimate of drug-likeness (QED) is 0.197. The van der Waals surface area contributed by atoms with Gasteiger partial charge in [0.1, 0.15) is 0 Å². The zero-order valence-corrected chi connectivity index (χ0v) is 26.7. The number of nitrogens with zero attached hydrogens (tertiary/aromatic N) is 4. The minimum Gasteiger partial charge on any atom is -0.208 e. The van der Waals surface area contributed by atoms with Gasteiger partial charge in [-0.25, -0.2) is 15.0 Å². The van der Waals surface area contributed by atoms with Gasteiger partial charge in [0.15, 0.2) is 17.5 Å². The Hall–Kier alpha value is -5.40. The first-order valence-electron chi connectivity index (χ1n) is 17.3. The lowest BCUT2D eigenvalue weighted by atomic mass is 9.43. The summed E-state index contributed by atoms with van der Waals surface area (Å²) in [6.07, 6.45) is 6.96. The first-order valence-corrected chi connectivity index (χ1v) is 17.3. The number of hydrogen-bond acceptors (Lipinski definition) is 4. The van der Waals surface area contributed by atoms with Gasteiger partial charge in [0, 0.05) is 22.1 Å². The van der Waals surface area contributed by atoms with Gasteiger partial charge in [-0.1, -0.05) is 97.1 Å². The smallest absolute Gasteiger partial charge is 0.164 e. The summed E-state index contributed by atoms with van der Waals surface area (Å²) >= 11 is 0.